The lowest BCUT2D eigenvalue weighted by atomic mass is 10.1. The van der Waals surface area contributed by atoms with E-state index in [1.54, 1.807) is 11.0 Å². The smallest absolute Gasteiger partial charge is 0.322 e. The topological polar surface area (TPSA) is 86.4 Å². The van der Waals surface area contributed by atoms with E-state index >= 15 is 0 Å². The highest BCUT2D eigenvalue weighted by molar-refractivity contribution is 6.34. The van der Waals surface area contributed by atoms with Gasteiger partial charge < -0.3 is 16.0 Å². The molecule has 1 aromatic carbocycles. The largest absolute Gasteiger partial charge is 0.367 e. The van der Waals surface area contributed by atoms with Gasteiger partial charge in [-0.1, -0.05) is 17.7 Å². The molecule has 2 fully saturated rings. The van der Waals surface area contributed by atoms with Gasteiger partial charge in [0.15, 0.2) is 0 Å². The maximum Gasteiger partial charge on any atom is 0.322 e. The summed E-state index contributed by atoms with van der Waals surface area (Å²) in [5.41, 5.74) is 2.60. The molecule has 0 bridgehead atoms. The Bertz CT molecular complexity index is 913. The van der Waals surface area contributed by atoms with E-state index in [0.29, 0.717) is 41.2 Å². The van der Waals surface area contributed by atoms with Crippen molar-refractivity contribution < 1.29 is 9.59 Å². The Balaban J connectivity index is 1.57. The summed E-state index contributed by atoms with van der Waals surface area (Å²) < 4.78 is 0. The second-order valence-electron chi connectivity index (χ2n) is 6.76. The minimum atomic E-state index is -0.313. The van der Waals surface area contributed by atoms with Crippen LogP contribution in [0, 0.1) is 6.92 Å². The highest BCUT2D eigenvalue weighted by Crippen LogP contribution is 2.29. The van der Waals surface area contributed by atoms with Crippen molar-refractivity contribution in [2.75, 3.05) is 28.6 Å². The summed E-state index contributed by atoms with van der Waals surface area (Å²) in [7, 11) is 0. The Labute approximate surface area is 162 Å². The molecule has 0 spiro atoms. The van der Waals surface area contributed by atoms with Crippen molar-refractivity contribution in [2.45, 2.75) is 25.8 Å². The molecule has 2 heterocycles. The van der Waals surface area contributed by atoms with Crippen LogP contribution in [0.25, 0.3) is 0 Å². The molecule has 0 atom stereocenters. The molecule has 2 aromatic rings. The molecule has 140 valence electrons. The summed E-state index contributed by atoms with van der Waals surface area (Å²) in [5.74, 6) is 0.332. The number of urea groups is 1. The maximum absolute atomic E-state index is 12.8. The van der Waals surface area contributed by atoms with E-state index in [2.05, 4.69) is 20.9 Å². The first-order valence-corrected chi connectivity index (χ1v) is 9.29. The van der Waals surface area contributed by atoms with Gasteiger partial charge >= 0.3 is 6.03 Å². The summed E-state index contributed by atoms with van der Waals surface area (Å²) in [6.45, 7) is 3.09. The number of nitrogens with zero attached hydrogens (tertiary/aromatic N) is 2. The molecule has 1 aliphatic heterocycles. The van der Waals surface area contributed by atoms with E-state index in [4.69, 9.17) is 11.6 Å². The van der Waals surface area contributed by atoms with Crippen LogP contribution in [-0.2, 0) is 0 Å². The summed E-state index contributed by atoms with van der Waals surface area (Å²) in [4.78, 5) is 30.6. The lowest BCUT2D eigenvalue weighted by molar-refractivity contribution is 0.102. The molecule has 1 saturated carbocycles. The number of halogens is 1. The standard InChI is InChI=1S/C19H20ClN5O2/c1-11-15(3-2-4-16(11)25-8-7-21-19(25)27)24-18(26)13-9-17(22-10-14(13)20)23-12-5-6-12/h2-4,9-10,12H,5-8H2,1H3,(H,21,27)(H,22,23)(H,24,26). The highest BCUT2D eigenvalue weighted by atomic mass is 35.5. The Morgan fingerprint density at radius 2 is 2.19 bits per heavy atom. The van der Waals surface area contributed by atoms with Gasteiger partial charge in [0.05, 0.1) is 16.3 Å². The van der Waals surface area contributed by atoms with Crippen LogP contribution in [0.2, 0.25) is 5.02 Å². The first kappa shape index (κ1) is 17.6. The van der Waals surface area contributed by atoms with Crippen LogP contribution in [0.5, 0.6) is 0 Å². The quantitative estimate of drug-likeness (QED) is 0.736. The second kappa shape index (κ2) is 7.08. The molecule has 7 nitrogen and oxygen atoms in total. The van der Waals surface area contributed by atoms with Gasteiger partial charge in [0, 0.05) is 31.0 Å². The second-order valence-corrected chi connectivity index (χ2v) is 7.16. The van der Waals surface area contributed by atoms with Gasteiger partial charge in [0.25, 0.3) is 5.91 Å². The lowest BCUT2D eigenvalue weighted by Gasteiger charge is -2.19. The number of carbonyl (C=O) groups is 2. The molecule has 2 aliphatic rings. The number of hydrogen-bond acceptors (Lipinski definition) is 4. The first-order chi connectivity index (χ1) is 13.0. The van der Waals surface area contributed by atoms with Gasteiger partial charge in [0.1, 0.15) is 5.82 Å². The summed E-state index contributed by atoms with van der Waals surface area (Å²) in [5, 5.41) is 9.25. The van der Waals surface area contributed by atoms with Crippen LogP contribution in [0.4, 0.5) is 22.0 Å². The van der Waals surface area contributed by atoms with Crippen molar-refractivity contribution in [3.05, 3.63) is 46.6 Å². The summed E-state index contributed by atoms with van der Waals surface area (Å²) >= 11 is 6.19. The fourth-order valence-electron chi connectivity index (χ4n) is 3.07. The number of anilines is 3. The van der Waals surface area contributed by atoms with Gasteiger partial charge in [-0.2, -0.15) is 0 Å². The number of amides is 3. The highest BCUT2D eigenvalue weighted by Gasteiger charge is 2.24. The number of pyridine rings is 1. The number of aromatic nitrogens is 1. The van der Waals surface area contributed by atoms with Gasteiger partial charge in [-0.3, -0.25) is 9.69 Å². The number of hydrogen-bond donors (Lipinski definition) is 3. The Hall–Kier alpha value is -2.80. The molecule has 1 aromatic heterocycles. The number of rotatable bonds is 5. The van der Waals surface area contributed by atoms with E-state index in [9.17, 15) is 9.59 Å². The first-order valence-electron chi connectivity index (χ1n) is 8.91. The van der Waals surface area contributed by atoms with Crippen molar-refractivity contribution in [2.24, 2.45) is 0 Å². The van der Waals surface area contributed by atoms with Crippen molar-refractivity contribution >= 4 is 40.7 Å². The SMILES string of the molecule is Cc1c(NC(=O)c2cc(NC3CC3)ncc2Cl)cccc1N1CCNC1=O. The van der Waals surface area contributed by atoms with Crippen LogP contribution in [0.1, 0.15) is 28.8 Å². The molecule has 27 heavy (non-hydrogen) atoms. The van der Waals surface area contributed by atoms with Gasteiger partial charge in [0.2, 0.25) is 0 Å². The molecular formula is C19H20ClN5O2. The number of nitrogens with one attached hydrogen (secondary N) is 3. The van der Waals surface area contributed by atoms with Crippen LogP contribution in [0.15, 0.2) is 30.5 Å². The lowest BCUT2D eigenvalue weighted by Crippen LogP contribution is -2.28. The van der Waals surface area contributed by atoms with E-state index in [1.807, 2.05) is 25.1 Å². The molecule has 4 rings (SSSR count). The average molecular weight is 386 g/mol. The van der Waals surface area contributed by atoms with Crippen LogP contribution in [-0.4, -0.2) is 36.1 Å². The molecule has 3 N–H and O–H groups in total. The third kappa shape index (κ3) is 3.68. The normalized spacial score (nSPS) is 16.2. The fourth-order valence-corrected chi connectivity index (χ4v) is 3.26. The molecule has 1 saturated heterocycles. The maximum atomic E-state index is 12.8. The van der Waals surface area contributed by atoms with Crippen molar-refractivity contribution in [3.8, 4) is 0 Å². The zero-order valence-corrected chi connectivity index (χ0v) is 15.6. The van der Waals surface area contributed by atoms with E-state index in [0.717, 1.165) is 24.1 Å². The molecule has 8 heteroatoms. The molecule has 0 unspecified atom stereocenters. The zero-order valence-electron chi connectivity index (χ0n) is 14.9. The van der Waals surface area contributed by atoms with E-state index in [-0.39, 0.29) is 11.9 Å². The minimum absolute atomic E-state index is 0.130. The Morgan fingerprint density at radius 1 is 1.37 bits per heavy atom. The predicted octanol–water partition coefficient (Wildman–Crippen LogP) is 3.40. The molecular weight excluding hydrogens is 366 g/mol. The molecule has 0 radical (unpaired) electrons. The Kier molecular flexibility index (Phi) is 4.61. The third-order valence-corrected chi connectivity index (χ3v) is 5.03. The number of benzene rings is 1. The predicted molar refractivity (Wildman–Crippen MR) is 106 cm³/mol. The van der Waals surface area contributed by atoms with Crippen molar-refractivity contribution in [1.29, 1.82) is 0 Å². The molecule has 3 amide bonds. The van der Waals surface area contributed by atoms with Crippen LogP contribution >= 0.6 is 11.6 Å². The monoisotopic (exact) mass is 385 g/mol. The zero-order chi connectivity index (χ0) is 19.0. The fraction of sp³-hybridized carbons (Fsp3) is 0.316. The summed E-state index contributed by atoms with van der Waals surface area (Å²) in [6.07, 6.45) is 3.71. The number of carbonyl (C=O) groups excluding carboxylic acids is 2. The molecule has 1 aliphatic carbocycles. The van der Waals surface area contributed by atoms with Gasteiger partial charge in [-0.25, -0.2) is 9.78 Å². The van der Waals surface area contributed by atoms with E-state index in [1.165, 1.54) is 6.20 Å². The summed E-state index contributed by atoms with van der Waals surface area (Å²) in [6, 6.07) is 7.46. The van der Waals surface area contributed by atoms with Crippen LogP contribution < -0.4 is 20.9 Å². The van der Waals surface area contributed by atoms with Crippen molar-refractivity contribution in [3.63, 3.8) is 0 Å². The minimum Gasteiger partial charge on any atom is -0.367 e. The Morgan fingerprint density at radius 3 is 2.89 bits per heavy atom. The van der Waals surface area contributed by atoms with Gasteiger partial charge in [-0.15, -0.1) is 0 Å². The van der Waals surface area contributed by atoms with Gasteiger partial charge in [-0.05, 0) is 43.5 Å². The van der Waals surface area contributed by atoms with Crippen molar-refractivity contribution in [1.82, 2.24) is 10.3 Å². The average Bonchev–Trinajstić information content (AvgIpc) is 3.37. The van der Waals surface area contributed by atoms with Crippen LogP contribution in [0.3, 0.4) is 0 Å². The van der Waals surface area contributed by atoms with E-state index < -0.39 is 0 Å². The third-order valence-electron chi connectivity index (χ3n) is 4.73.